The van der Waals surface area contributed by atoms with E-state index in [1.54, 1.807) is 0 Å². The van der Waals surface area contributed by atoms with Gasteiger partial charge in [0.25, 0.3) is 0 Å². The Morgan fingerprint density at radius 3 is 2.19 bits per heavy atom. The molecule has 2 aromatic carbocycles. The molecule has 0 aliphatic rings. The number of rotatable bonds is 3. The molecule has 0 aromatic heterocycles. The average Bonchev–Trinajstić information content (AvgIpc) is 2.46. The standard InChI is InChI=1S/C16H17O3P.Li/c1-10-11(2)14(13-7-5-4-6-8-13)9-15(12(10)3)16(17)19-20-18;/h4-9H,20H2,1-3H3;. The largest absolute Gasteiger partial charge is 0.413 e. The van der Waals surface area contributed by atoms with Crippen molar-refractivity contribution >= 4 is 33.5 Å². The Morgan fingerprint density at radius 1 is 1.00 bits per heavy atom. The van der Waals surface area contributed by atoms with Gasteiger partial charge in [0, 0.05) is 18.9 Å². The summed E-state index contributed by atoms with van der Waals surface area (Å²) in [6.07, 6.45) is 0. The smallest absolute Gasteiger partial charge is 0.343 e. The van der Waals surface area contributed by atoms with Crippen LogP contribution in [0.2, 0.25) is 0 Å². The molecule has 105 valence electrons. The summed E-state index contributed by atoms with van der Waals surface area (Å²) in [6, 6.07) is 11.7. The molecule has 1 radical (unpaired) electrons. The van der Waals surface area contributed by atoms with Gasteiger partial charge in [0.05, 0.1) is 5.56 Å². The van der Waals surface area contributed by atoms with E-state index < -0.39 is 14.7 Å². The predicted octanol–water partition coefficient (Wildman–Crippen LogP) is 3.73. The van der Waals surface area contributed by atoms with Crippen LogP contribution >= 0.6 is 8.69 Å². The molecule has 0 aliphatic heterocycles. The quantitative estimate of drug-likeness (QED) is 0.640. The first-order chi connectivity index (χ1) is 9.56. The number of hydrogen-bond acceptors (Lipinski definition) is 3. The van der Waals surface area contributed by atoms with Crippen molar-refractivity contribution < 1.29 is 13.9 Å². The molecule has 2 aromatic rings. The molecule has 0 aliphatic carbocycles. The van der Waals surface area contributed by atoms with E-state index in [0.29, 0.717) is 5.56 Å². The molecular weight excluding hydrogens is 278 g/mol. The summed E-state index contributed by atoms with van der Waals surface area (Å²) in [4.78, 5) is 11.9. The maximum atomic E-state index is 11.9. The summed E-state index contributed by atoms with van der Waals surface area (Å²) >= 11 is 0. The molecule has 0 saturated carbocycles. The first-order valence-electron chi connectivity index (χ1n) is 6.37. The predicted molar refractivity (Wildman–Crippen MR) is 87.7 cm³/mol. The second kappa shape index (κ2) is 7.66. The Morgan fingerprint density at radius 2 is 1.62 bits per heavy atom. The molecule has 1 atom stereocenters. The summed E-state index contributed by atoms with van der Waals surface area (Å²) in [7, 11) is -1.54. The Labute approximate surface area is 138 Å². The topological polar surface area (TPSA) is 43.4 Å². The van der Waals surface area contributed by atoms with Crippen molar-refractivity contribution in [3.05, 3.63) is 58.7 Å². The molecule has 0 amide bonds. The molecule has 0 heterocycles. The van der Waals surface area contributed by atoms with Crippen LogP contribution in [0.25, 0.3) is 11.1 Å². The Kier molecular flexibility index (Phi) is 6.49. The third kappa shape index (κ3) is 3.69. The second-order valence-electron chi connectivity index (χ2n) is 4.71. The minimum absolute atomic E-state index is 0. The summed E-state index contributed by atoms with van der Waals surface area (Å²) < 4.78 is 15.3. The molecule has 0 saturated heterocycles. The van der Waals surface area contributed by atoms with Gasteiger partial charge < -0.3 is 4.52 Å². The van der Waals surface area contributed by atoms with Crippen LogP contribution in [0.15, 0.2) is 36.4 Å². The second-order valence-corrected chi connectivity index (χ2v) is 5.14. The average molecular weight is 295 g/mol. The maximum Gasteiger partial charge on any atom is 0.343 e. The van der Waals surface area contributed by atoms with Crippen LogP contribution < -0.4 is 0 Å². The molecule has 0 N–H and O–H groups in total. The van der Waals surface area contributed by atoms with Gasteiger partial charge in [0.15, 0.2) is 0 Å². The van der Waals surface area contributed by atoms with Crippen LogP contribution in [0.1, 0.15) is 27.0 Å². The van der Waals surface area contributed by atoms with Gasteiger partial charge in [0.2, 0.25) is 8.69 Å². The first kappa shape index (κ1) is 17.8. The van der Waals surface area contributed by atoms with E-state index >= 15 is 0 Å². The number of hydrogen-bond donors (Lipinski definition) is 0. The van der Waals surface area contributed by atoms with E-state index in [2.05, 4.69) is 4.52 Å². The van der Waals surface area contributed by atoms with E-state index in [1.807, 2.05) is 57.2 Å². The zero-order valence-electron chi connectivity index (χ0n) is 12.8. The molecule has 21 heavy (non-hydrogen) atoms. The summed E-state index contributed by atoms with van der Waals surface area (Å²) in [5, 5.41) is 0. The van der Waals surface area contributed by atoms with Crippen LogP contribution in [0.5, 0.6) is 0 Å². The SMILES string of the molecule is Cc1c(C(=O)O[PH2]=O)cc(-c2ccccc2)c(C)c1C.[Li]. The van der Waals surface area contributed by atoms with Gasteiger partial charge >= 0.3 is 5.97 Å². The zero-order valence-corrected chi connectivity index (χ0v) is 13.9. The molecule has 0 spiro atoms. The van der Waals surface area contributed by atoms with Gasteiger partial charge in [-0.05, 0) is 54.7 Å². The van der Waals surface area contributed by atoms with E-state index in [4.69, 9.17) is 0 Å². The summed E-state index contributed by atoms with van der Waals surface area (Å²) in [5.41, 5.74) is 5.60. The van der Waals surface area contributed by atoms with Crippen LogP contribution in [0.3, 0.4) is 0 Å². The van der Waals surface area contributed by atoms with Gasteiger partial charge in [0.1, 0.15) is 0 Å². The zero-order chi connectivity index (χ0) is 14.7. The van der Waals surface area contributed by atoms with Crippen LogP contribution in [-0.2, 0) is 9.09 Å². The van der Waals surface area contributed by atoms with E-state index in [9.17, 15) is 9.36 Å². The fourth-order valence-corrected chi connectivity index (χ4v) is 2.50. The third-order valence-electron chi connectivity index (χ3n) is 3.68. The van der Waals surface area contributed by atoms with E-state index in [1.165, 1.54) is 0 Å². The van der Waals surface area contributed by atoms with Crippen molar-refractivity contribution in [3.8, 4) is 11.1 Å². The number of carbonyl (C=O) groups excluding carboxylic acids is 1. The number of carbonyl (C=O) groups is 1. The van der Waals surface area contributed by atoms with Gasteiger partial charge in [-0.15, -0.1) is 0 Å². The molecule has 3 nitrogen and oxygen atoms in total. The van der Waals surface area contributed by atoms with Gasteiger partial charge in [-0.2, -0.15) is 0 Å². The van der Waals surface area contributed by atoms with Crippen molar-refractivity contribution in [2.45, 2.75) is 20.8 Å². The third-order valence-corrected chi connectivity index (χ3v) is 3.99. The normalized spacial score (nSPS) is 10.4. The van der Waals surface area contributed by atoms with Crippen LogP contribution in [0, 0.1) is 20.8 Å². The van der Waals surface area contributed by atoms with Gasteiger partial charge in [-0.25, -0.2) is 4.79 Å². The maximum absolute atomic E-state index is 11.9. The van der Waals surface area contributed by atoms with Crippen molar-refractivity contribution in [3.63, 3.8) is 0 Å². The number of benzene rings is 2. The van der Waals surface area contributed by atoms with Crippen molar-refractivity contribution in [2.24, 2.45) is 0 Å². The van der Waals surface area contributed by atoms with Crippen molar-refractivity contribution in [2.75, 3.05) is 0 Å². The van der Waals surface area contributed by atoms with Gasteiger partial charge in [-0.1, -0.05) is 30.3 Å². The molecule has 5 heteroatoms. The molecule has 1 unspecified atom stereocenters. The Hall–Kier alpha value is -1.26. The van der Waals surface area contributed by atoms with Crippen LogP contribution in [0.4, 0.5) is 0 Å². The Bertz CT molecular complexity index is 669. The van der Waals surface area contributed by atoms with E-state index in [0.717, 1.165) is 27.8 Å². The fraction of sp³-hybridized carbons (Fsp3) is 0.188. The van der Waals surface area contributed by atoms with E-state index in [-0.39, 0.29) is 18.9 Å². The van der Waals surface area contributed by atoms with Crippen molar-refractivity contribution in [1.29, 1.82) is 0 Å². The fourth-order valence-electron chi connectivity index (χ4n) is 2.28. The minimum atomic E-state index is -1.54. The molecular formula is C16H17LiO3P. The molecule has 0 fully saturated rings. The Balaban J connectivity index is 0.00000220. The van der Waals surface area contributed by atoms with Crippen molar-refractivity contribution in [1.82, 2.24) is 0 Å². The minimum Gasteiger partial charge on any atom is -0.413 e. The molecule has 2 rings (SSSR count). The summed E-state index contributed by atoms with van der Waals surface area (Å²) in [6.45, 7) is 5.91. The first-order valence-corrected chi connectivity index (χ1v) is 7.31. The molecule has 0 bridgehead atoms. The van der Waals surface area contributed by atoms with Gasteiger partial charge in [-0.3, -0.25) is 4.57 Å². The van der Waals surface area contributed by atoms with Crippen LogP contribution in [-0.4, -0.2) is 24.8 Å². The summed E-state index contributed by atoms with van der Waals surface area (Å²) in [5.74, 6) is -0.521. The monoisotopic (exact) mass is 295 g/mol.